The second-order valence-corrected chi connectivity index (χ2v) is 11.4. The quantitative estimate of drug-likeness (QED) is 0.189. The predicted molar refractivity (Wildman–Crippen MR) is 166 cm³/mol. The highest BCUT2D eigenvalue weighted by molar-refractivity contribution is 7.90. The minimum absolute atomic E-state index is 0.00652. The molecule has 0 saturated heterocycles. The number of thiocarbonyl (C=S) groups is 1. The molecule has 0 aliphatic rings. The molecular weight excluding hydrogens is 607 g/mol. The lowest BCUT2D eigenvalue weighted by atomic mass is 10.1. The zero-order chi connectivity index (χ0) is 31.5. The van der Waals surface area contributed by atoms with Crippen LogP contribution < -0.4 is 20.7 Å². The molecule has 44 heavy (non-hydrogen) atoms. The molecule has 0 unspecified atom stereocenters. The standard InChI is InChI=1S/C31H27FN4O6S2/c32-24-13-11-23(12-14-24)28(37)35-30(43)33-25-15-17-26(18-16-25)44(40,41)36-29(38)27(19-21-7-3-1-4-8-21)34-31(39)42-20-22-9-5-2-6-10-22/h1-18,27H,19-20H2,(H,34,39)(H,36,38)(H2,33,35,37,43)/t27-/m0/s1. The Kier molecular flexibility index (Phi) is 10.7. The van der Waals surface area contributed by atoms with Crippen molar-refractivity contribution in [2.24, 2.45) is 0 Å². The van der Waals surface area contributed by atoms with Crippen molar-refractivity contribution in [1.29, 1.82) is 0 Å². The van der Waals surface area contributed by atoms with E-state index < -0.39 is 39.8 Å². The number of carbonyl (C=O) groups excluding carboxylic acids is 3. The van der Waals surface area contributed by atoms with Crippen LogP contribution in [0.25, 0.3) is 0 Å². The van der Waals surface area contributed by atoms with Crippen LogP contribution in [0, 0.1) is 5.82 Å². The van der Waals surface area contributed by atoms with E-state index in [9.17, 15) is 27.2 Å². The summed E-state index contributed by atoms with van der Waals surface area (Å²) in [5.74, 6) is -2.01. The summed E-state index contributed by atoms with van der Waals surface area (Å²) in [6.07, 6.45) is -0.882. The predicted octanol–water partition coefficient (Wildman–Crippen LogP) is 4.30. The number of hydrogen-bond donors (Lipinski definition) is 4. The number of amides is 3. The minimum Gasteiger partial charge on any atom is -0.445 e. The Bertz CT molecular complexity index is 1720. The summed E-state index contributed by atoms with van der Waals surface area (Å²) in [6.45, 7) is -0.0373. The molecule has 4 aromatic rings. The van der Waals surface area contributed by atoms with Crippen molar-refractivity contribution < 1.29 is 31.9 Å². The van der Waals surface area contributed by atoms with Crippen molar-refractivity contribution in [1.82, 2.24) is 15.4 Å². The zero-order valence-corrected chi connectivity index (χ0v) is 24.7. The van der Waals surface area contributed by atoms with Crippen molar-refractivity contribution in [2.45, 2.75) is 24.0 Å². The van der Waals surface area contributed by atoms with E-state index in [2.05, 4.69) is 16.0 Å². The van der Waals surface area contributed by atoms with Gasteiger partial charge in [-0.15, -0.1) is 0 Å². The highest BCUT2D eigenvalue weighted by atomic mass is 32.2. The number of ether oxygens (including phenoxy) is 1. The monoisotopic (exact) mass is 634 g/mol. The van der Waals surface area contributed by atoms with Crippen LogP contribution in [0.2, 0.25) is 0 Å². The Morgan fingerprint density at radius 1 is 0.795 bits per heavy atom. The lowest BCUT2D eigenvalue weighted by Gasteiger charge is -2.19. The van der Waals surface area contributed by atoms with Crippen LogP contribution in [0.15, 0.2) is 114 Å². The number of benzene rings is 4. The van der Waals surface area contributed by atoms with Gasteiger partial charge in [0.25, 0.3) is 21.8 Å². The zero-order valence-electron chi connectivity index (χ0n) is 23.0. The number of hydrogen-bond acceptors (Lipinski definition) is 7. The van der Waals surface area contributed by atoms with Crippen LogP contribution in [-0.4, -0.2) is 37.5 Å². The van der Waals surface area contributed by atoms with Crippen molar-refractivity contribution >= 4 is 50.9 Å². The van der Waals surface area contributed by atoms with Gasteiger partial charge in [0.2, 0.25) is 0 Å². The van der Waals surface area contributed by atoms with Gasteiger partial charge >= 0.3 is 6.09 Å². The van der Waals surface area contributed by atoms with Gasteiger partial charge in [0.1, 0.15) is 18.5 Å². The molecule has 4 N–H and O–H groups in total. The van der Waals surface area contributed by atoms with Gasteiger partial charge in [0.05, 0.1) is 4.90 Å². The van der Waals surface area contributed by atoms with Crippen molar-refractivity contribution in [3.63, 3.8) is 0 Å². The first-order valence-electron chi connectivity index (χ1n) is 13.1. The van der Waals surface area contributed by atoms with E-state index in [0.717, 1.165) is 17.7 Å². The fourth-order valence-corrected chi connectivity index (χ4v) is 5.11. The molecule has 0 fully saturated rings. The summed E-state index contributed by atoms with van der Waals surface area (Å²) in [4.78, 5) is 37.7. The van der Waals surface area contributed by atoms with E-state index in [1.165, 1.54) is 36.4 Å². The molecule has 0 saturated carbocycles. The third kappa shape index (κ3) is 9.44. The highest BCUT2D eigenvalue weighted by Crippen LogP contribution is 2.15. The van der Waals surface area contributed by atoms with Gasteiger partial charge < -0.3 is 15.4 Å². The van der Waals surface area contributed by atoms with E-state index in [1.54, 1.807) is 54.6 Å². The summed E-state index contributed by atoms with van der Waals surface area (Å²) < 4.78 is 46.4. The Labute approximate surface area is 258 Å². The number of nitrogens with one attached hydrogen (secondary N) is 4. The largest absolute Gasteiger partial charge is 0.445 e. The number of sulfonamides is 1. The Morgan fingerprint density at radius 3 is 2.00 bits per heavy atom. The van der Waals surface area contributed by atoms with Crippen molar-refractivity contribution in [3.8, 4) is 0 Å². The Morgan fingerprint density at radius 2 is 1.39 bits per heavy atom. The molecule has 0 bridgehead atoms. The lowest BCUT2D eigenvalue weighted by Crippen LogP contribution is -2.49. The fourth-order valence-electron chi connectivity index (χ4n) is 3.88. The molecule has 0 radical (unpaired) electrons. The molecule has 0 spiro atoms. The maximum Gasteiger partial charge on any atom is 0.408 e. The summed E-state index contributed by atoms with van der Waals surface area (Å²) in [5, 5.41) is 7.57. The lowest BCUT2D eigenvalue weighted by molar-refractivity contribution is -0.121. The molecule has 0 aliphatic carbocycles. The van der Waals surface area contributed by atoms with Gasteiger partial charge in [-0.25, -0.2) is 22.3 Å². The Balaban J connectivity index is 1.38. The molecule has 0 heterocycles. The number of halogens is 1. The van der Waals surface area contributed by atoms with Crippen LogP contribution >= 0.6 is 12.2 Å². The van der Waals surface area contributed by atoms with Gasteiger partial charge in [0.15, 0.2) is 5.11 Å². The minimum atomic E-state index is -4.34. The molecular formula is C31H27FN4O6S2. The summed E-state index contributed by atoms with van der Waals surface area (Å²) in [6, 6.07) is 26.6. The van der Waals surface area contributed by atoms with Crippen LogP contribution in [0.3, 0.4) is 0 Å². The van der Waals surface area contributed by atoms with Gasteiger partial charge in [0, 0.05) is 17.7 Å². The number of carbonyl (C=O) groups is 3. The summed E-state index contributed by atoms with van der Waals surface area (Å²) in [7, 11) is -4.34. The third-order valence-corrected chi connectivity index (χ3v) is 7.66. The van der Waals surface area contributed by atoms with Gasteiger partial charge in [-0.3, -0.25) is 14.9 Å². The average molecular weight is 635 g/mol. The average Bonchev–Trinajstić information content (AvgIpc) is 3.01. The van der Waals surface area contributed by atoms with E-state index in [0.29, 0.717) is 11.3 Å². The SMILES string of the molecule is O=C(N[C@@H](Cc1ccccc1)C(=O)NS(=O)(=O)c1ccc(NC(=S)NC(=O)c2ccc(F)cc2)cc1)OCc1ccccc1. The topological polar surface area (TPSA) is 143 Å². The molecule has 226 valence electrons. The molecule has 4 aromatic carbocycles. The maximum absolute atomic E-state index is 13.1. The first-order chi connectivity index (χ1) is 21.1. The molecule has 0 aliphatic heterocycles. The van der Waals surface area contributed by atoms with E-state index in [4.69, 9.17) is 17.0 Å². The maximum atomic E-state index is 13.1. The molecule has 3 amide bonds. The van der Waals surface area contributed by atoms with Gasteiger partial charge in [-0.05, 0) is 71.9 Å². The summed E-state index contributed by atoms with van der Waals surface area (Å²) >= 11 is 5.13. The molecule has 1 atom stereocenters. The molecule has 10 nitrogen and oxygen atoms in total. The number of anilines is 1. The Hall–Kier alpha value is -5.14. The number of alkyl carbamates (subject to hydrolysis) is 1. The van der Waals surface area contributed by atoms with E-state index in [1.807, 2.05) is 10.8 Å². The fraction of sp³-hybridized carbons (Fsp3) is 0.0968. The van der Waals surface area contributed by atoms with Gasteiger partial charge in [-0.2, -0.15) is 0 Å². The van der Waals surface area contributed by atoms with Crippen LogP contribution in [-0.2, 0) is 32.6 Å². The molecule has 0 aromatic heterocycles. The van der Waals surface area contributed by atoms with E-state index in [-0.39, 0.29) is 28.6 Å². The molecule has 13 heteroatoms. The first kappa shape index (κ1) is 31.8. The van der Waals surface area contributed by atoms with Crippen molar-refractivity contribution in [2.75, 3.05) is 5.32 Å². The van der Waals surface area contributed by atoms with Gasteiger partial charge in [-0.1, -0.05) is 60.7 Å². The number of rotatable bonds is 10. The second-order valence-electron chi connectivity index (χ2n) is 9.36. The van der Waals surface area contributed by atoms with Crippen molar-refractivity contribution in [3.05, 3.63) is 132 Å². The highest BCUT2D eigenvalue weighted by Gasteiger charge is 2.27. The second kappa shape index (κ2) is 14.8. The van der Waals surface area contributed by atoms with Crippen LogP contribution in [0.5, 0.6) is 0 Å². The summed E-state index contributed by atoms with van der Waals surface area (Å²) in [5.41, 5.74) is 1.97. The van der Waals surface area contributed by atoms with E-state index >= 15 is 0 Å². The molecule has 4 rings (SSSR count). The third-order valence-electron chi connectivity index (χ3n) is 6.09. The van der Waals surface area contributed by atoms with Crippen LogP contribution in [0.4, 0.5) is 14.9 Å². The smallest absolute Gasteiger partial charge is 0.408 e. The normalized spacial score (nSPS) is 11.5. The van der Waals surface area contributed by atoms with Crippen LogP contribution in [0.1, 0.15) is 21.5 Å². The first-order valence-corrected chi connectivity index (χ1v) is 15.0.